The Bertz CT molecular complexity index is 709. The molecule has 3 heterocycles. The number of aromatic nitrogens is 4. The molecule has 0 radical (unpaired) electrons. The molecule has 0 saturated heterocycles. The smallest absolute Gasteiger partial charge is 0.271 e. The summed E-state index contributed by atoms with van der Waals surface area (Å²) in [7, 11) is 0. The summed E-state index contributed by atoms with van der Waals surface area (Å²) in [6.07, 6.45) is 12.7. The topological polar surface area (TPSA) is 75.9 Å². The van der Waals surface area contributed by atoms with Gasteiger partial charge in [-0.25, -0.2) is 4.98 Å². The highest BCUT2D eigenvalue weighted by Crippen LogP contribution is 2.30. The molecule has 0 unspecified atom stereocenters. The van der Waals surface area contributed by atoms with Gasteiger partial charge in [0.1, 0.15) is 5.69 Å². The first kappa shape index (κ1) is 16.2. The first-order chi connectivity index (χ1) is 12.3. The van der Waals surface area contributed by atoms with E-state index in [2.05, 4.69) is 36.0 Å². The summed E-state index contributed by atoms with van der Waals surface area (Å²) in [4.78, 5) is 22.7. The van der Waals surface area contributed by atoms with Gasteiger partial charge in [-0.15, -0.1) is 0 Å². The van der Waals surface area contributed by atoms with E-state index in [1.807, 2.05) is 6.20 Å². The predicted molar refractivity (Wildman–Crippen MR) is 92.9 cm³/mol. The highest BCUT2D eigenvalue weighted by atomic mass is 16.1. The number of rotatable bonds is 5. The van der Waals surface area contributed by atoms with Crippen molar-refractivity contribution >= 4 is 5.91 Å². The van der Waals surface area contributed by atoms with E-state index in [4.69, 9.17) is 0 Å². The van der Waals surface area contributed by atoms with Crippen molar-refractivity contribution in [1.82, 2.24) is 30.0 Å². The van der Waals surface area contributed by atoms with Gasteiger partial charge < -0.3 is 5.32 Å². The van der Waals surface area contributed by atoms with Crippen LogP contribution in [0.1, 0.15) is 54.3 Å². The van der Waals surface area contributed by atoms with Crippen LogP contribution in [-0.2, 0) is 6.54 Å². The van der Waals surface area contributed by atoms with Gasteiger partial charge in [0.2, 0.25) is 0 Å². The molecule has 2 aromatic rings. The van der Waals surface area contributed by atoms with Gasteiger partial charge in [-0.1, -0.05) is 12.8 Å². The second kappa shape index (κ2) is 7.31. The Morgan fingerprint density at radius 3 is 2.92 bits per heavy atom. The van der Waals surface area contributed by atoms with Gasteiger partial charge in [-0.2, -0.15) is 5.10 Å². The van der Waals surface area contributed by atoms with Crippen LogP contribution in [0.5, 0.6) is 0 Å². The summed E-state index contributed by atoms with van der Waals surface area (Å²) in [5.41, 5.74) is 1.64. The fraction of sp³-hybridized carbons (Fsp3) is 0.556. The molecule has 0 aromatic carbocycles. The Morgan fingerprint density at radius 1 is 1.24 bits per heavy atom. The number of nitrogens with zero attached hydrogens (tertiary/aromatic N) is 5. The number of hydrogen-bond acceptors (Lipinski definition) is 5. The van der Waals surface area contributed by atoms with Crippen LogP contribution in [0.15, 0.2) is 30.9 Å². The minimum atomic E-state index is -0.169. The van der Waals surface area contributed by atoms with Crippen molar-refractivity contribution in [3.8, 4) is 0 Å². The maximum absolute atomic E-state index is 12.1. The maximum Gasteiger partial charge on any atom is 0.271 e. The number of nitrogens with one attached hydrogen (secondary N) is 1. The van der Waals surface area contributed by atoms with E-state index in [1.54, 1.807) is 6.20 Å². The fourth-order valence-corrected chi connectivity index (χ4v) is 4.04. The van der Waals surface area contributed by atoms with Gasteiger partial charge in [0, 0.05) is 44.3 Å². The van der Waals surface area contributed by atoms with Crippen LogP contribution < -0.4 is 5.32 Å². The molecule has 0 spiro atoms. The van der Waals surface area contributed by atoms with Gasteiger partial charge in [0.05, 0.1) is 17.9 Å². The molecular weight excluding hydrogens is 316 g/mol. The van der Waals surface area contributed by atoms with Crippen molar-refractivity contribution in [2.75, 3.05) is 13.1 Å². The number of carbonyl (C=O) groups excluding carboxylic acids is 1. The van der Waals surface area contributed by atoms with E-state index in [9.17, 15) is 4.79 Å². The average molecular weight is 340 g/mol. The molecule has 1 aliphatic carbocycles. The molecule has 2 aliphatic rings. The third-order valence-electron chi connectivity index (χ3n) is 5.31. The highest BCUT2D eigenvalue weighted by molar-refractivity contribution is 5.91. The van der Waals surface area contributed by atoms with Gasteiger partial charge in [0.25, 0.3) is 5.91 Å². The quantitative estimate of drug-likeness (QED) is 0.898. The lowest BCUT2D eigenvalue weighted by molar-refractivity contribution is 0.0934. The molecule has 25 heavy (non-hydrogen) atoms. The largest absolute Gasteiger partial charge is 0.351 e. The standard InChI is InChI=1S/C18H24N6O/c25-18(17-11-19-9-10-20-17)21-7-5-15-12-23(14-3-1-2-4-14)13-16-6-8-22-24(15)16/h6,8-11,14-15H,1-5,7,12-13H2,(H,21,25)/t15-/m0/s1. The lowest BCUT2D eigenvalue weighted by Gasteiger charge is -2.37. The van der Waals surface area contributed by atoms with E-state index in [0.717, 1.165) is 19.5 Å². The Kier molecular flexibility index (Phi) is 4.74. The second-order valence-electron chi connectivity index (χ2n) is 6.92. The summed E-state index contributed by atoms with van der Waals surface area (Å²) in [5.74, 6) is -0.169. The highest BCUT2D eigenvalue weighted by Gasteiger charge is 2.31. The normalized spacial score (nSPS) is 21.2. The summed E-state index contributed by atoms with van der Waals surface area (Å²) >= 11 is 0. The lowest BCUT2D eigenvalue weighted by atomic mass is 10.1. The molecule has 0 bridgehead atoms. The minimum absolute atomic E-state index is 0.169. The summed E-state index contributed by atoms with van der Waals surface area (Å²) < 4.78 is 2.14. The Hall–Kier alpha value is -2.28. The molecule has 4 rings (SSSR count). The molecule has 1 aliphatic heterocycles. The van der Waals surface area contributed by atoms with Crippen molar-refractivity contribution in [2.45, 2.75) is 50.7 Å². The lowest BCUT2D eigenvalue weighted by Crippen LogP contribution is -2.43. The first-order valence-corrected chi connectivity index (χ1v) is 9.12. The molecule has 7 heteroatoms. The van der Waals surface area contributed by atoms with Crippen molar-refractivity contribution in [3.05, 3.63) is 42.2 Å². The van der Waals surface area contributed by atoms with Crippen LogP contribution in [0, 0.1) is 0 Å². The second-order valence-corrected chi connectivity index (χ2v) is 6.92. The molecule has 1 atom stereocenters. The van der Waals surface area contributed by atoms with Crippen LogP contribution in [-0.4, -0.2) is 49.7 Å². The van der Waals surface area contributed by atoms with Crippen LogP contribution in [0.2, 0.25) is 0 Å². The molecule has 1 saturated carbocycles. The van der Waals surface area contributed by atoms with Crippen molar-refractivity contribution in [3.63, 3.8) is 0 Å². The molecular formula is C18H24N6O. The van der Waals surface area contributed by atoms with Crippen LogP contribution in [0.25, 0.3) is 0 Å². The van der Waals surface area contributed by atoms with E-state index in [0.29, 0.717) is 24.3 Å². The van der Waals surface area contributed by atoms with Gasteiger partial charge in [-0.3, -0.25) is 19.4 Å². The third kappa shape index (κ3) is 3.56. The number of hydrogen-bond donors (Lipinski definition) is 1. The fourth-order valence-electron chi connectivity index (χ4n) is 4.04. The summed E-state index contributed by atoms with van der Waals surface area (Å²) in [6.45, 7) is 2.62. The molecule has 132 valence electrons. The zero-order chi connectivity index (χ0) is 17.1. The molecule has 7 nitrogen and oxygen atoms in total. The number of carbonyl (C=O) groups is 1. The average Bonchev–Trinajstić information content (AvgIpc) is 3.33. The van der Waals surface area contributed by atoms with Crippen molar-refractivity contribution in [1.29, 1.82) is 0 Å². The number of amides is 1. The predicted octanol–water partition coefficient (Wildman–Crippen LogP) is 1.79. The number of fused-ring (bicyclic) bond motifs is 1. The molecule has 2 aromatic heterocycles. The third-order valence-corrected chi connectivity index (χ3v) is 5.31. The summed E-state index contributed by atoms with van der Waals surface area (Å²) in [5, 5.41) is 7.46. The Labute approximate surface area is 147 Å². The van der Waals surface area contributed by atoms with E-state index < -0.39 is 0 Å². The van der Waals surface area contributed by atoms with E-state index in [-0.39, 0.29) is 5.91 Å². The van der Waals surface area contributed by atoms with Crippen LogP contribution in [0.4, 0.5) is 0 Å². The Morgan fingerprint density at radius 2 is 2.12 bits per heavy atom. The zero-order valence-electron chi connectivity index (χ0n) is 14.3. The monoisotopic (exact) mass is 340 g/mol. The molecule has 1 amide bonds. The van der Waals surface area contributed by atoms with E-state index >= 15 is 0 Å². The van der Waals surface area contributed by atoms with Gasteiger partial charge in [0.15, 0.2) is 0 Å². The Balaban J connectivity index is 1.37. The van der Waals surface area contributed by atoms with Crippen molar-refractivity contribution < 1.29 is 4.79 Å². The van der Waals surface area contributed by atoms with Gasteiger partial charge >= 0.3 is 0 Å². The minimum Gasteiger partial charge on any atom is -0.351 e. The van der Waals surface area contributed by atoms with Crippen molar-refractivity contribution in [2.24, 2.45) is 0 Å². The van der Waals surface area contributed by atoms with Crippen LogP contribution in [0.3, 0.4) is 0 Å². The summed E-state index contributed by atoms with van der Waals surface area (Å²) in [6, 6.07) is 3.13. The maximum atomic E-state index is 12.1. The molecule has 1 N–H and O–H groups in total. The molecule has 1 fully saturated rings. The first-order valence-electron chi connectivity index (χ1n) is 9.12. The zero-order valence-corrected chi connectivity index (χ0v) is 14.3. The van der Waals surface area contributed by atoms with Gasteiger partial charge in [-0.05, 0) is 25.3 Å². The van der Waals surface area contributed by atoms with Crippen LogP contribution >= 0.6 is 0 Å². The SMILES string of the molecule is O=C(NCC[C@H]1CN(C2CCCC2)Cc2ccnn21)c1cnccn1. The van der Waals surface area contributed by atoms with E-state index in [1.165, 1.54) is 43.8 Å².